The van der Waals surface area contributed by atoms with Crippen molar-refractivity contribution in [3.63, 3.8) is 0 Å². The quantitative estimate of drug-likeness (QED) is 0.896. The number of carbonyl (C=O) groups excluding carboxylic acids is 1. The number of piperazine rings is 1. The van der Waals surface area contributed by atoms with Crippen LogP contribution in [0.2, 0.25) is 0 Å². The van der Waals surface area contributed by atoms with Gasteiger partial charge in [0.25, 0.3) is 0 Å². The van der Waals surface area contributed by atoms with Crippen molar-refractivity contribution in [2.45, 2.75) is 13.3 Å². The predicted molar refractivity (Wildman–Crippen MR) is 105 cm³/mol. The van der Waals surface area contributed by atoms with E-state index in [2.05, 4.69) is 22.3 Å². The molecular formula is C21H27N3O2. The highest BCUT2D eigenvalue weighted by molar-refractivity contribution is 5.90. The number of para-hydroxylation sites is 1. The Labute approximate surface area is 155 Å². The monoisotopic (exact) mass is 353 g/mol. The van der Waals surface area contributed by atoms with Crippen LogP contribution in [-0.4, -0.2) is 55.7 Å². The van der Waals surface area contributed by atoms with Gasteiger partial charge in [-0.2, -0.15) is 0 Å². The van der Waals surface area contributed by atoms with Gasteiger partial charge in [-0.3, -0.25) is 4.90 Å². The first-order chi connectivity index (χ1) is 12.7. The third-order valence-electron chi connectivity index (χ3n) is 4.90. The van der Waals surface area contributed by atoms with Gasteiger partial charge in [0.05, 0.1) is 7.11 Å². The van der Waals surface area contributed by atoms with E-state index in [1.165, 1.54) is 5.56 Å². The number of urea groups is 1. The number of benzene rings is 2. The topological polar surface area (TPSA) is 44.8 Å². The molecule has 2 aromatic carbocycles. The van der Waals surface area contributed by atoms with Gasteiger partial charge in [0.1, 0.15) is 5.75 Å². The molecule has 5 nitrogen and oxygen atoms in total. The van der Waals surface area contributed by atoms with Crippen molar-refractivity contribution >= 4 is 11.7 Å². The minimum Gasteiger partial charge on any atom is -0.497 e. The minimum atomic E-state index is -0.00764. The summed E-state index contributed by atoms with van der Waals surface area (Å²) >= 11 is 0. The van der Waals surface area contributed by atoms with Crippen LogP contribution in [0.5, 0.6) is 5.75 Å². The van der Waals surface area contributed by atoms with Crippen molar-refractivity contribution in [2.75, 3.05) is 45.2 Å². The molecule has 26 heavy (non-hydrogen) atoms. The molecule has 1 N–H and O–H groups in total. The average Bonchev–Trinajstić information content (AvgIpc) is 2.68. The number of nitrogens with zero attached hydrogens (tertiary/aromatic N) is 2. The van der Waals surface area contributed by atoms with E-state index in [1.54, 1.807) is 7.11 Å². The Morgan fingerprint density at radius 1 is 1.08 bits per heavy atom. The van der Waals surface area contributed by atoms with E-state index < -0.39 is 0 Å². The second kappa shape index (κ2) is 8.72. The van der Waals surface area contributed by atoms with Crippen LogP contribution in [0.4, 0.5) is 10.5 Å². The molecule has 0 aliphatic carbocycles. The number of aryl methyl sites for hydroxylation is 1. The maximum absolute atomic E-state index is 12.5. The van der Waals surface area contributed by atoms with Crippen molar-refractivity contribution in [1.82, 2.24) is 9.80 Å². The van der Waals surface area contributed by atoms with Gasteiger partial charge in [-0.25, -0.2) is 4.79 Å². The summed E-state index contributed by atoms with van der Waals surface area (Å²) in [5, 5.41) is 3.02. The van der Waals surface area contributed by atoms with E-state index in [0.717, 1.165) is 56.1 Å². The fourth-order valence-corrected chi connectivity index (χ4v) is 3.20. The van der Waals surface area contributed by atoms with Gasteiger partial charge in [0.15, 0.2) is 0 Å². The normalized spacial score (nSPS) is 14.9. The first-order valence-corrected chi connectivity index (χ1v) is 9.12. The van der Waals surface area contributed by atoms with E-state index in [9.17, 15) is 4.79 Å². The summed E-state index contributed by atoms with van der Waals surface area (Å²) in [6.45, 7) is 6.34. The summed E-state index contributed by atoms with van der Waals surface area (Å²) in [4.78, 5) is 16.8. The lowest BCUT2D eigenvalue weighted by atomic mass is 10.1. The maximum atomic E-state index is 12.5. The molecular weight excluding hydrogens is 326 g/mol. The Bertz CT molecular complexity index is 740. The Hall–Kier alpha value is -2.53. The van der Waals surface area contributed by atoms with Crippen molar-refractivity contribution in [3.05, 3.63) is 59.7 Å². The summed E-state index contributed by atoms with van der Waals surface area (Å²) in [5.41, 5.74) is 3.25. The Morgan fingerprint density at radius 3 is 2.58 bits per heavy atom. The van der Waals surface area contributed by atoms with Crippen LogP contribution in [0.25, 0.3) is 0 Å². The lowest BCUT2D eigenvalue weighted by molar-refractivity contribution is 0.148. The highest BCUT2D eigenvalue weighted by Gasteiger charge is 2.21. The van der Waals surface area contributed by atoms with Crippen LogP contribution in [-0.2, 0) is 6.42 Å². The number of carbonyl (C=O) groups is 1. The first-order valence-electron chi connectivity index (χ1n) is 9.12. The zero-order valence-corrected chi connectivity index (χ0v) is 15.6. The molecule has 0 spiro atoms. The summed E-state index contributed by atoms with van der Waals surface area (Å²) in [6.07, 6.45) is 0.993. The third-order valence-corrected chi connectivity index (χ3v) is 4.90. The molecule has 0 radical (unpaired) electrons. The fourth-order valence-electron chi connectivity index (χ4n) is 3.20. The Morgan fingerprint density at radius 2 is 1.85 bits per heavy atom. The van der Waals surface area contributed by atoms with E-state index in [4.69, 9.17) is 4.74 Å². The van der Waals surface area contributed by atoms with Gasteiger partial charge < -0.3 is 15.0 Å². The van der Waals surface area contributed by atoms with Crippen molar-refractivity contribution in [3.8, 4) is 5.75 Å². The lowest BCUT2D eigenvalue weighted by Gasteiger charge is -2.34. The highest BCUT2D eigenvalue weighted by Crippen LogP contribution is 2.16. The van der Waals surface area contributed by atoms with Gasteiger partial charge in [-0.05, 0) is 42.7 Å². The molecule has 1 aliphatic rings. The van der Waals surface area contributed by atoms with Gasteiger partial charge >= 0.3 is 6.03 Å². The molecule has 1 fully saturated rings. The van der Waals surface area contributed by atoms with Crippen LogP contribution >= 0.6 is 0 Å². The summed E-state index contributed by atoms with van der Waals surface area (Å²) in [7, 11) is 1.69. The van der Waals surface area contributed by atoms with Crippen LogP contribution in [0, 0.1) is 6.92 Å². The first kappa shape index (κ1) is 18.3. The zero-order valence-electron chi connectivity index (χ0n) is 15.6. The molecule has 2 aromatic rings. The molecule has 0 atom stereocenters. The minimum absolute atomic E-state index is 0.00764. The molecule has 3 rings (SSSR count). The molecule has 138 valence electrons. The number of methoxy groups -OCH3 is 1. The molecule has 5 heteroatoms. The van der Waals surface area contributed by atoms with E-state index in [1.807, 2.05) is 48.2 Å². The molecule has 0 saturated carbocycles. The van der Waals surface area contributed by atoms with Crippen LogP contribution in [0.3, 0.4) is 0 Å². The van der Waals surface area contributed by atoms with E-state index in [0.29, 0.717) is 0 Å². The maximum Gasteiger partial charge on any atom is 0.321 e. The molecule has 1 saturated heterocycles. The van der Waals surface area contributed by atoms with Gasteiger partial charge in [0, 0.05) is 38.4 Å². The smallest absolute Gasteiger partial charge is 0.321 e. The molecule has 0 bridgehead atoms. The molecule has 2 amide bonds. The van der Waals surface area contributed by atoms with Gasteiger partial charge in [-0.15, -0.1) is 0 Å². The van der Waals surface area contributed by atoms with Crippen molar-refractivity contribution in [2.24, 2.45) is 0 Å². The number of anilines is 1. The summed E-state index contributed by atoms with van der Waals surface area (Å²) in [6, 6.07) is 16.1. The van der Waals surface area contributed by atoms with Gasteiger partial charge in [0.2, 0.25) is 0 Å². The fraction of sp³-hybridized carbons (Fsp3) is 0.381. The zero-order chi connectivity index (χ0) is 18.4. The van der Waals surface area contributed by atoms with Gasteiger partial charge in [-0.1, -0.05) is 30.3 Å². The lowest BCUT2D eigenvalue weighted by Crippen LogP contribution is -2.50. The average molecular weight is 353 g/mol. The number of nitrogens with one attached hydrogen (secondary N) is 1. The number of hydrogen-bond donors (Lipinski definition) is 1. The molecule has 1 aliphatic heterocycles. The number of amides is 2. The standard InChI is InChI=1S/C21H27N3O2/c1-17-6-3-4-9-20(17)22-21(25)24-14-12-23(13-15-24)11-10-18-7-5-8-19(16-18)26-2/h3-9,16H,10-15H2,1-2H3,(H,22,25). The number of ether oxygens (including phenoxy) is 1. The summed E-state index contributed by atoms with van der Waals surface area (Å²) in [5.74, 6) is 0.903. The van der Waals surface area contributed by atoms with E-state index >= 15 is 0 Å². The van der Waals surface area contributed by atoms with Crippen LogP contribution in [0.15, 0.2) is 48.5 Å². The largest absolute Gasteiger partial charge is 0.497 e. The second-order valence-corrected chi connectivity index (χ2v) is 6.68. The van der Waals surface area contributed by atoms with E-state index in [-0.39, 0.29) is 6.03 Å². The molecule has 1 heterocycles. The van der Waals surface area contributed by atoms with Crippen LogP contribution in [0.1, 0.15) is 11.1 Å². The number of hydrogen-bond acceptors (Lipinski definition) is 3. The Kier molecular flexibility index (Phi) is 6.12. The summed E-state index contributed by atoms with van der Waals surface area (Å²) < 4.78 is 5.28. The Balaban J connectivity index is 1.45. The van der Waals surface area contributed by atoms with Crippen molar-refractivity contribution < 1.29 is 9.53 Å². The second-order valence-electron chi connectivity index (χ2n) is 6.68. The third kappa shape index (κ3) is 4.76. The molecule has 0 unspecified atom stereocenters. The highest BCUT2D eigenvalue weighted by atomic mass is 16.5. The SMILES string of the molecule is COc1cccc(CCN2CCN(C(=O)Nc3ccccc3C)CC2)c1. The predicted octanol–water partition coefficient (Wildman–Crippen LogP) is 3.40. The van der Waals surface area contributed by atoms with Crippen molar-refractivity contribution in [1.29, 1.82) is 0 Å². The molecule has 0 aromatic heterocycles. The number of rotatable bonds is 5. The van der Waals surface area contributed by atoms with Crippen LogP contribution < -0.4 is 10.1 Å².